The molecule has 0 saturated carbocycles. The van der Waals surface area contributed by atoms with Crippen LogP contribution in [0.25, 0.3) is 0 Å². The quantitative estimate of drug-likeness (QED) is 0.551. The molecule has 0 bridgehead atoms. The number of hydrogen-bond donors (Lipinski definition) is 3. The summed E-state index contributed by atoms with van der Waals surface area (Å²) in [6.07, 6.45) is 1.46. The Kier molecular flexibility index (Phi) is 5.48. The maximum Gasteiger partial charge on any atom is 0.300 e. The molecule has 7 heteroatoms. The average molecular weight is 235 g/mol. The summed E-state index contributed by atoms with van der Waals surface area (Å²) >= 11 is 0. The Balaban J connectivity index is 4.48. The fourth-order valence-corrected chi connectivity index (χ4v) is 1.20. The Bertz CT molecular complexity index is 346. The molecule has 0 aromatic carbocycles. The monoisotopic (exact) mass is 235 g/mol. The fraction of sp³-hybridized carbons (Fsp3) is 0.625. The van der Waals surface area contributed by atoms with Gasteiger partial charge >= 0.3 is 10.2 Å². The molecule has 0 atom stereocenters. The Morgan fingerprint density at radius 3 is 2.47 bits per heavy atom. The molecule has 15 heavy (non-hydrogen) atoms. The molecule has 6 nitrogen and oxygen atoms in total. The van der Waals surface area contributed by atoms with Crippen molar-refractivity contribution in [2.24, 2.45) is 0 Å². The van der Waals surface area contributed by atoms with E-state index in [1.165, 1.54) is 20.3 Å². The Labute approximate surface area is 90.3 Å². The van der Waals surface area contributed by atoms with Gasteiger partial charge in [0.1, 0.15) is 0 Å². The number of nitrogens with zero attached hydrogens (tertiary/aromatic N) is 1. The Hall–Kier alpha value is -0.920. The SMILES string of the molecule is C/C(=C/NS(=O)(=O)N(C)C)C(=N)CCO. The minimum Gasteiger partial charge on any atom is -0.396 e. The lowest BCUT2D eigenvalue weighted by molar-refractivity contribution is 0.307. The molecule has 3 N–H and O–H groups in total. The summed E-state index contributed by atoms with van der Waals surface area (Å²) < 4.78 is 25.8. The molecule has 0 aromatic rings. The normalized spacial score (nSPS) is 13.0. The average Bonchev–Trinajstić information content (AvgIpc) is 2.14. The van der Waals surface area contributed by atoms with Gasteiger partial charge in [-0.3, -0.25) is 4.72 Å². The van der Waals surface area contributed by atoms with Crippen LogP contribution in [0.1, 0.15) is 13.3 Å². The highest BCUT2D eigenvalue weighted by Crippen LogP contribution is 1.98. The van der Waals surface area contributed by atoms with E-state index in [2.05, 4.69) is 4.72 Å². The lowest BCUT2D eigenvalue weighted by atomic mass is 10.1. The van der Waals surface area contributed by atoms with Gasteiger partial charge in [0, 0.05) is 39.0 Å². The molecular weight excluding hydrogens is 218 g/mol. The molecular formula is C8H17N3O3S. The second-order valence-electron chi connectivity index (χ2n) is 3.18. The minimum absolute atomic E-state index is 0.121. The van der Waals surface area contributed by atoms with Crippen molar-refractivity contribution in [1.29, 1.82) is 5.41 Å². The first-order chi connectivity index (χ1) is 6.81. The molecule has 0 rings (SSSR count). The number of aliphatic hydroxyl groups excluding tert-OH is 1. The van der Waals surface area contributed by atoms with Gasteiger partial charge < -0.3 is 10.5 Å². The molecule has 0 fully saturated rings. The largest absolute Gasteiger partial charge is 0.396 e. The summed E-state index contributed by atoms with van der Waals surface area (Å²) in [6, 6.07) is 0. The highest BCUT2D eigenvalue weighted by Gasteiger charge is 2.10. The Morgan fingerprint density at radius 2 is 2.07 bits per heavy atom. The Morgan fingerprint density at radius 1 is 1.53 bits per heavy atom. The van der Waals surface area contributed by atoms with Gasteiger partial charge in [0.2, 0.25) is 0 Å². The smallest absolute Gasteiger partial charge is 0.300 e. The topological polar surface area (TPSA) is 93.5 Å². The predicted molar refractivity (Wildman–Crippen MR) is 58.9 cm³/mol. The van der Waals surface area contributed by atoms with Crippen LogP contribution in [0, 0.1) is 5.41 Å². The van der Waals surface area contributed by atoms with Crippen LogP contribution < -0.4 is 4.72 Å². The van der Waals surface area contributed by atoms with Crippen molar-refractivity contribution < 1.29 is 13.5 Å². The zero-order chi connectivity index (χ0) is 12.1. The van der Waals surface area contributed by atoms with Crippen molar-refractivity contribution in [3.63, 3.8) is 0 Å². The summed E-state index contributed by atoms with van der Waals surface area (Å²) in [6.45, 7) is 1.49. The molecule has 0 heterocycles. The summed E-state index contributed by atoms with van der Waals surface area (Å²) in [4.78, 5) is 0. The van der Waals surface area contributed by atoms with Crippen molar-refractivity contribution in [2.45, 2.75) is 13.3 Å². The van der Waals surface area contributed by atoms with Gasteiger partial charge in [0.25, 0.3) is 0 Å². The number of aliphatic hydroxyl groups is 1. The van der Waals surface area contributed by atoms with E-state index in [0.29, 0.717) is 5.57 Å². The van der Waals surface area contributed by atoms with Crippen LogP contribution in [-0.2, 0) is 10.2 Å². The van der Waals surface area contributed by atoms with Crippen LogP contribution >= 0.6 is 0 Å². The molecule has 0 amide bonds. The van der Waals surface area contributed by atoms with Crippen LogP contribution in [0.5, 0.6) is 0 Å². The van der Waals surface area contributed by atoms with Crippen molar-refractivity contribution in [3.05, 3.63) is 11.8 Å². The van der Waals surface area contributed by atoms with Crippen LogP contribution in [0.2, 0.25) is 0 Å². The van der Waals surface area contributed by atoms with Crippen LogP contribution in [0.15, 0.2) is 11.8 Å². The van der Waals surface area contributed by atoms with Crippen molar-refractivity contribution >= 4 is 15.9 Å². The molecule has 0 saturated heterocycles. The van der Waals surface area contributed by atoms with Crippen LogP contribution in [-0.4, -0.2) is 44.2 Å². The number of hydrogen-bond acceptors (Lipinski definition) is 4. The summed E-state index contributed by atoms with van der Waals surface area (Å²) in [7, 11) is -0.679. The molecule has 0 radical (unpaired) electrons. The van der Waals surface area contributed by atoms with E-state index in [0.717, 1.165) is 4.31 Å². The minimum atomic E-state index is -3.49. The maximum atomic E-state index is 11.3. The third-order valence-corrected chi connectivity index (χ3v) is 3.12. The van der Waals surface area contributed by atoms with Crippen molar-refractivity contribution in [3.8, 4) is 0 Å². The van der Waals surface area contributed by atoms with Gasteiger partial charge in [-0.25, -0.2) is 0 Å². The first-order valence-electron chi connectivity index (χ1n) is 4.36. The fourth-order valence-electron chi connectivity index (χ4n) is 0.664. The molecule has 0 aliphatic carbocycles. The van der Waals surface area contributed by atoms with E-state index < -0.39 is 10.2 Å². The van der Waals surface area contributed by atoms with Crippen molar-refractivity contribution in [2.75, 3.05) is 20.7 Å². The second kappa shape index (κ2) is 5.84. The zero-order valence-electron chi connectivity index (χ0n) is 9.11. The predicted octanol–water partition coefficient (Wildman–Crippen LogP) is -0.312. The van der Waals surface area contributed by atoms with Crippen molar-refractivity contribution in [1.82, 2.24) is 9.03 Å². The van der Waals surface area contributed by atoms with Gasteiger partial charge in [-0.1, -0.05) is 0 Å². The molecule has 0 aromatic heterocycles. The van der Waals surface area contributed by atoms with E-state index in [-0.39, 0.29) is 18.7 Å². The standard InChI is InChI=1S/C8H17N3O3S/c1-7(8(9)4-5-12)6-10-15(13,14)11(2)3/h6,9-10,12H,4-5H2,1-3H3/b7-6-,9-8?. The van der Waals surface area contributed by atoms with Gasteiger partial charge in [0.15, 0.2) is 0 Å². The van der Waals surface area contributed by atoms with E-state index in [1.807, 2.05) is 0 Å². The van der Waals surface area contributed by atoms with Gasteiger partial charge in [-0.15, -0.1) is 0 Å². The zero-order valence-corrected chi connectivity index (χ0v) is 9.93. The lowest BCUT2D eigenvalue weighted by Crippen LogP contribution is -2.32. The van der Waals surface area contributed by atoms with Crippen LogP contribution in [0.4, 0.5) is 0 Å². The first kappa shape index (κ1) is 14.1. The lowest BCUT2D eigenvalue weighted by Gasteiger charge is -2.11. The van der Waals surface area contributed by atoms with Gasteiger partial charge in [-0.2, -0.15) is 12.7 Å². The third-order valence-electron chi connectivity index (χ3n) is 1.74. The van der Waals surface area contributed by atoms with E-state index >= 15 is 0 Å². The van der Waals surface area contributed by atoms with E-state index in [1.54, 1.807) is 6.92 Å². The summed E-state index contributed by atoms with van der Waals surface area (Å²) in [5, 5.41) is 16.0. The molecule has 0 unspecified atom stereocenters. The third kappa shape index (κ3) is 4.91. The molecule has 0 aliphatic heterocycles. The number of nitrogens with one attached hydrogen (secondary N) is 2. The number of rotatable bonds is 6. The maximum absolute atomic E-state index is 11.3. The van der Waals surface area contributed by atoms with E-state index in [9.17, 15) is 8.42 Å². The second-order valence-corrected chi connectivity index (χ2v) is 5.10. The molecule has 0 aliphatic rings. The highest BCUT2D eigenvalue weighted by atomic mass is 32.2. The van der Waals surface area contributed by atoms with Gasteiger partial charge in [0.05, 0.1) is 0 Å². The first-order valence-corrected chi connectivity index (χ1v) is 5.80. The summed E-state index contributed by atoms with van der Waals surface area (Å²) in [5.74, 6) is 0. The highest BCUT2D eigenvalue weighted by molar-refractivity contribution is 7.87. The van der Waals surface area contributed by atoms with E-state index in [4.69, 9.17) is 10.5 Å². The molecule has 88 valence electrons. The number of allylic oxidation sites excluding steroid dienone is 1. The summed E-state index contributed by atoms with van der Waals surface area (Å²) in [5.41, 5.74) is 0.688. The van der Waals surface area contributed by atoms with Gasteiger partial charge in [-0.05, 0) is 12.5 Å². The van der Waals surface area contributed by atoms with Crippen LogP contribution in [0.3, 0.4) is 0 Å². The molecule has 0 spiro atoms.